The number of benzene rings is 1. The van der Waals surface area contributed by atoms with E-state index < -0.39 is 0 Å². The van der Waals surface area contributed by atoms with E-state index >= 15 is 0 Å². The lowest BCUT2D eigenvalue weighted by molar-refractivity contribution is -0.121. The first-order chi connectivity index (χ1) is 9.15. The molecule has 5 heteroatoms. The Morgan fingerprint density at radius 1 is 1.53 bits per heavy atom. The van der Waals surface area contributed by atoms with E-state index in [-0.39, 0.29) is 11.9 Å². The second-order valence-electron chi connectivity index (χ2n) is 4.45. The molecule has 100 valence electrons. The van der Waals surface area contributed by atoms with Gasteiger partial charge in [-0.2, -0.15) is 5.10 Å². The highest BCUT2D eigenvalue weighted by Crippen LogP contribution is 2.14. The van der Waals surface area contributed by atoms with Gasteiger partial charge in [0.25, 0.3) is 0 Å². The van der Waals surface area contributed by atoms with Crippen LogP contribution >= 0.6 is 15.9 Å². The van der Waals surface area contributed by atoms with E-state index in [1.807, 2.05) is 31.2 Å². The van der Waals surface area contributed by atoms with Gasteiger partial charge in [0.15, 0.2) is 0 Å². The third-order valence-corrected chi connectivity index (χ3v) is 3.42. The zero-order valence-corrected chi connectivity index (χ0v) is 12.3. The van der Waals surface area contributed by atoms with Crippen molar-refractivity contribution in [2.45, 2.75) is 25.8 Å². The van der Waals surface area contributed by atoms with E-state index in [0.717, 1.165) is 22.0 Å². The second-order valence-corrected chi connectivity index (χ2v) is 5.37. The molecule has 4 nitrogen and oxygen atoms in total. The van der Waals surface area contributed by atoms with Crippen LogP contribution in [0.5, 0.6) is 0 Å². The molecule has 1 aromatic carbocycles. The molecule has 0 saturated heterocycles. The van der Waals surface area contributed by atoms with Crippen LogP contribution < -0.4 is 5.32 Å². The van der Waals surface area contributed by atoms with Crippen molar-refractivity contribution in [3.63, 3.8) is 0 Å². The highest BCUT2D eigenvalue weighted by molar-refractivity contribution is 9.10. The number of aromatic amines is 1. The summed E-state index contributed by atoms with van der Waals surface area (Å²) < 4.78 is 1.04. The summed E-state index contributed by atoms with van der Waals surface area (Å²) in [6.07, 6.45) is 4.74. The van der Waals surface area contributed by atoms with Gasteiger partial charge in [-0.25, -0.2) is 0 Å². The maximum Gasteiger partial charge on any atom is 0.220 e. The Labute approximate surface area is 120 Å². The maximum absolute atomic E-state index is 11.9. The molecule has 1 amide bonds. The van der Waals surface area contributed by atoms with E-state index in [2.05, 4.69) is 31.4 Å². The molecule has 1 atom stereocenters. The Bertz CT molecular complexity index is 539. The number of aromatic nitrogens is 2. The molecule has 1 unspecified atom stereocenters. The number of nitrogens with one attached hydrogen (secondary N) is 2. The topological polar surface area (TPSA) is 57.8 Å². The standard InChI is InChI=1S/C14H16BrN3O/c1-10(12-8-16-17-9-12)18-14(19)6-5-11-3-2-4-13(15)7-11/h2-4,7-10H,5-6H2,1H3,(H,16,17)(H,18,19). The fourth-order valence-electron chi connectivity index (χ4n) is 1.85. The summed E-state index contributed by atoms with van der Waals surface area (Å²) in [5, 5.41) is 9.57. The Balaban J connectivity index is 1.82. The minimum Gasteiger partial charge on any atom is -0.349 e. The molecular weight excluding hydrogens is 306 g/mol. The van der Waals surface area contributed by atoms with Crippen molar-refractivity contribution in [3.8, 4) is 0 Å². The van der Waals surface area contributed by atoms with Crippen LogP contribution in [0.4, 0.5) is 0 Å². The SMILES string of the molecule is CC(NC(=O)CCc1cccc(Br)c1)c1cn[nH]c1. The molecule has 1 aromatic heterocycles. The average Bonchev–Trinajstić information content (AvgIpc) is 2.90. The van der Waals surface area contributed by atoms with Crippen LogP contribution in [0.2, 0.25) is 0 Å². The number of carbonyl (C=O) groups is 1. The van der Waals surface area contributed by atoms with Crippen LogP contribution in [0, 0.1) is 0 Å². The number of aryl methyl sites for hydroxylation is 1. The molecule has 2 N–H and O–H groups in total. The molecule has 0 fully saturated rings. The number of rotatable bonds is 5. The molecule has 0 aliphatic carbocycles. The Morgan fingerprint density at radius 3 is 3.05 bits per heavy atom. The van der Waals surface area contributed by atoms with Crippen LogP contribution in [0.25, 0.3) is 0 Å². The molecule has 1 heterocycles. The molecular formula is C14H16BrN3O. The van der Waals surface area contributed by atoms with E-state index in [4.69, 9.17) is 0 Å². The minimum absolute atomic E-state index is 0.0197. The van der Waals surface area contributed by atoms with Gasteiger partial charge in [0, 0.05) is 22.7 Å². The highest BCUT2D eigenvalue weighted by Gasteiger charge is 2.10. The van der Waals surface area contributed by atoms with Gasteiger partial charge in [0.05, 0.1) is 12.2 Å². The zero-order chi connectivity index (χ0) is 13.7. The molecule has 2 aromatic rings. The fraction of sp³-hybridized carbons (Fsp3) is 0.286. The summed E-state index contributed by atoms with van der Waals surface area (Å²) in [5.74, 6) is 0.0497. The highest BCUT2D eigenvalue weighted by atomic mass is 79.9. The second kappa shape index (κ2) is 6.52. The summed E-state index contributed by atoms with van der Waals surface area (Å²) in [6, 6.07) is 7.99. The number of carbonyl (C=O) groups excluding carboxylic acids is 1. The molecule has 0 aliphatic heterocycles. The van der Waals surface area contributed by atoms with Gasteiger partial charge in [-0.3, -0.25) is 9.89 Å². The third-order valence-electron chi connectivity index (χ3n) is 2.93. The number of H-pyrrole nitrogens is 1. The first kappa shape index (κ1) is 13.8. The van der Waals surface area contributed by atoms with Gasteiger partial charge >= 0.3 is 0 Å². The molecule has 0 saturated carbocycles. The Kier molecular flexibility index (Phi) is 4.74. The van der Waals surface area contributed by atoms with Crippen LogP contribution in [0.3, 0.4) is 0 Å². The van der Waals surface area contributed by atoms with E-state index in [9.17, 15) is 4.79 Å². The average molecular weight is 322 g/mol. The molecule has 2 rings (SSSR count). The van der Waals surface area contributed by atoms with Crippen molar-refractivity contribution in [2.24, 2.45) is 0 Å². The van der Waals surface area contributed by atoms with Crippen molar-refractivity contribution in [3.05, 3.63) is 52.3 Å². The predicted octanol–water partition coefficient (Wildman–Crippen LogP) is 2.98. The first-order valence-electron chi connectivity index (χ1n) is 6.17. The first-order valence-corrected chi connectivity index (χ1v) is 6.97. The minimum atomic E-state index is -0.0197. The van der Waals surface area contributed by atoms with Crippen LogP contribution in [0.1, 0.15) is 30.5 Å². The largest absolute Gasteiger partial charge is 0.349 e. The van der Waals surface area contributed by atoms with Crippen LogP contribution in [-0.4, -0.2) is 16.1 Å². The summed E-state index contributed by atoms with van der Waals surface area (Å²) >= 11 is 3.42. The summed E-state index contributed by atoms with van der Waals surface area (Å²) in [6.45, 7) is 1.95. The lowest BCUT2D eigenvalue weighted by Gasteiger charge is -2.12. The van der Waals surface area contributed by atoms with Crippen molar-refractivity contribution in [1.82, 2.24) is 15.5 Å². The van der Waals surface area contributed by atoms with Crippen molar-refractivity contribution in [1.29, 1.82) is 0 Å². The maximum atomic E-state index is 11.9. The number of halogens is 1. The molecule has 0 spiro atoms. The van der Waals surface area contributed by atoms with Gasteiger partial charge in [0.2, 0.25) is 5.91 Å². The van der Waals surface area contributed by atoms with E-state index in [1.54, 1.807) is 12.4 Å². The summed E-state index contributed by atoms with van der Waals surface area (Å²) in [5.41, 5.74) is 2.14. The van der Waals surface area contributed by atoms with Gasteiger partial charge in [0.1, 0.15) is 0 Å². The predicted molar refractivity (Wildman–Crippen MR) is 77.6 cm³/mol. The fourth-order valence-corrected chi connectivity index (χ4v) is 2.29. The van der Waals surface area contributed by atoms with Gasteiger partial charge in [-0.1, -0.05) is 28.1 Å². The van der Waals surface area contributed by atoms with E-state index in [0.29, 0.717) is 6.42 Å². The smallest absolute Gasteiger partial charge is 0.220 e. The number of hydrogen-bond donors (Lipinski definition) is 2. The quantitative estimate of drug-likeness (QED) is 0.889. The van der Waals surface area contributed by atoms with Crippen molar-refractivity contribution >= 4 is 21.8 Å². The zero-order valence-electron chi connectivity index (χ0n) is 10.7. The molecule has 19 heavy (non-hydrogen) atoms. The molecule has 0 aliphatic rings. The summed E-state index contributed by atoms with van der Waals surface area (Å²) in [7, 11) is 0. The van der Waals surface area contributed by atoms with E-state index in [1.165, 1.54) is 0 Å². The third kappa shape index (κ3) is 4.21. The lowest BCUT2D eigenvalue weighted by Crippen LogP contribution is -2.26. The monoisotopic (exact) mass is 321 g/mol. The normalized spacial score (nSPS) is 12.1. The lowest BCUT2D eigenvalue weighted by atomic mass is 10.1. The molecule has 0 radical (unpaired) electrons. The number of amides is 1. The van der Waals surface area contributed by atoms with Gasteiger partial charge in [-0.05, 0) is 31.0 Å². The van der Waals surface area contributed by atoms with Gasteiger partial charge in [-0.15, -0.1) is 0 Å². The summed E-state index contributed by atoms with van der Waals surface area (Å²) in [4.78, 5) is 11.9. The van der Waals surface area contributed by atoms with Crippen molar-refractivity contribution < 1.29 is 4.79 Å². The van der Waals surface area contributed by atoms with Crippen LogP contribution in [0.15, 0.2) is 41.1 Å². The molecule has 0 bridgehead atoms. The Morgan fingerprint density at radius 2 is 2.37 bits per heavy atom. The van der Waals surface area contributed by atoms with Gasteiger partial charge < -0.3 is 5.32 Å². The van der Waals surface area contributed by atoms with Crippen molar-refractivity contribution in [2.75, 3.05) is 0 Å². The van der Waals surface area contributed by atoms with Crippen LogP contribution in [-0.2, 0) is 11.2 Å². The number of hydrogen-bond acceptors (Lipinski definition) is 2. The Hall–Kier alpha value is -1.62. The number of nitrogens with zero attached hydrogens (tertiary/aromatic N) is 1.